The van der Waals surface area contributed by atoms with Gasteiger partial charge < -0.3 is 5.32 Å². The molecule has 5 heteroatoms. The predicted molar refractivity (Wildman–Crippen MR) is 96.9 cm³/mol. The van der Waals surface area contributed by atoms with Crippen LogP contribution in [-0.4, -0.2) is 22.7 Å². The van der Waals surface area contributed by atoms with Crippen molar-refractivity contribution in [2.75, 3.05) is 5.75 Å². The van der Waals surface area contributed by atoms with Gasteiger partial charge in [-0.1, -0.05) is 30.3 Å². The first-order chi connectivity index (χ1) is 11.2. The van der Waals surface area contributed by atoms with Crippen molar-refractivity contribution in [2.45, 2.75) is 43.0 Å². The third-order valence-corrected chi connectivity index (χ3v) is 7.60. The molecule has 2 fully saturated rings. The molecule has 0 spiro atoms. The summed E-state index contributed by atoms with van der Waals surface area (Å²) < 4.78 is 2.17. The normalized spacial score (nSPS) is 27.4. The number of para-hydroxylation sites is 1. The summed E-state index contributed by atoms with van der Waals surface area (Å²) in [6.07, 6.45) is 5.49. The molecule has 2 aliphatic carbocycles. The van der Waals surface area contributed by atoms with Crippen LogP contribution in [0.3, 0.4) is 0 Å². The molecule has 1 heterocycles. The maximum atomic E-state index is 12.2. The number of hydrogen-bond donors (Lipinski definition) is 1. The van der Waals surface area contributed by atoms with Crippen molar-refractivity contribution < 1.29 is 4.79 Å². The third-order valence-electron chi connectivity index (χ3n) is 5.42. The summed E-state index contributed by atoms with van der Waals surface area (Å²) >= 11 is 3.21. The van der Waals surface area contributed by atoms with E-state index in [0.29, 0.717) is 17.7 Å². The quantitative estimate of drug-likeness (QED) is 0.819. The van der Waals surface area contributed by atoms with Crippen molar-refractivity contribution in [3.8, 4) is 0 Å². The van der Waals surface area contributed by atoms with Crippen LogP contribution in [-0.2, 0) is 4.79 Å². The molecule has 2 aliphatic rings. The minimum absolute atomic E-state index is 0.143. The molecule has 4 atom stereocenters. The average molecular weight is 347 g/mol. The van der Waals surface area contributed by atoms with Crippen molar-refractivity contribution in [3.63, 3.8) is 0 Å². The first kappa shape index (κ1) is 15.5. The molecule has 0 radical (unpaired) electrons. The zero-order valence-electron chi connectivity index (χ0n) is 13.3. The van der Waals surface area contributed by atoms with Crippen LogP contribution in [0.1, 0.15) is 32.6 Å². The van der Waals surface area contributed by atoms with E-state index in [-0.39, 0.29) is 5.91 Å². The molecule has 1 amide bonds. The average Bonchev–Trinajstić information content (AvgIpc) is 3.26. The highest BCUT2D eigenvalue weighted by Gasteiger charge is 2.42. The largest absolute Gasteiger partial charge is 0.353 e. The summed E-state index contributed by atoms with van der Waals surface area (Å²) in [6, 6.07) is 8.44. The van der Waals surface area contributed by atoms with E-state index >= 15 is 0 Å². The Hall–Kier alpha value is -1.07. The molecule has 23 heavy (non-hydrogen) atoms. The number of aromatic nitrogens is 1. The molecule has 1 aromatic heterocycles. The molecule has 1 aromatic carbocycles. The number of nitrogens with zero attached hydrogens (tertiary/aromatic N) is 1. The third kappa shape index (κ3) is 3.26. The van der Waals surface area contributed by atoms with Crippen LogP contribution in [0.25, 0.3) is 10.2 Å². The highest BCUT2D eigenvalue weighted by molar-refractivity contribution is 8.01. The zero-order valence-corrected chi connectivity index (χ0v) is 15.0. The number of thioether (sulfide) groups is 1. The molecule has 3 nitrogen and oxygen atoms in total. The summed E-state index contributed by atoms with van der Waals surface area (Å²) in [5.41, 5.74) is 1.02. The number of nitrogens with one attached hydrogen (secondary N) is 1. The lowest BCUT2D eigenvalue weighted by atomic mass is 9.84. The van der Waals surface area contributed by atoms with E-state index in [1.165, 1.54) is 30.4 Å². The fraction of sp³-hybridized carbons (Fsp3) is 0.556. The summed E-state index contributed by atoms with van der Waals surface area (Å²) in [5, 5.41) is 3.23. The second-order valence-electron chi connectivity index (χ2n) is 6.93. The van der Waals surface area contributed by atoms with Crippen molar-refractivity contribution in [1.29, 1.82) is 0 Å². The van der Waals surface area contributed by atoms with Gasteiger partial charge in [-0.15, -0.1) is 11.3 Å². The molecule has 0 saturated heterocycles. The monoisotopic (exact) mass is 346 g/mol. The number of carbonyl (C=O) groups is 1. The summed E-state index contributed by atoms with van der Waals surface area (Å²) in [5.74, 6) is 3.09. The lowest BCUT2D eigenvalue weighted by molar-refractivity contribution is -0.119. The molecule has 122 valence electrons. The Morgan fingerprint density at radius 3 is 3.00 bits per heavy atom. The Balaban J connectivity index is 1.30. The minimum Gasteiger partial charge on any atom is -0.353 e. The number of benzene rings is 1. The van der Waals surface area contributed by atoms with Crippen molar-refractivity contribution in [2.24, 2.45) is 17.8 Å². The lowest BCUT2D eigenvalue weighted by Crippen LogP contribution is -2.40. The van der Waals surface area contributed by atoms with Crippen LogP contribution in [0, 0.1) is 17.8 Å². The Labute approximate surface area is 145 Å². The molecule has 2 aromatic rings. The van der Waals surface area contributed by atoms with E-state index in [1.54, 1.807) is 23.1 Å². The zero-order chi connectivity index (χ0) is 15.8. The van der Waals surface area contributed by atoms with Gasteiger partial charge >= 0.3 is 0 Å². The maximum Gasteiger partial charge on any atom is 0.230 e. The Bertz CT molecular complexity index is 681. The minimum atomic E-state index is 0.143. The SMILES string of the molecule is C[C@@H](NC(=O)CSc1nc2ccccc2s1)[C@@H]1C[C@H]2CC[C@H]1C2. The number of fused-ring (bicyclic) bond motifs is 3. The standard InChI is InChI=1S/C18H22N2OS2/c1-11(14-9-12-6-7-13(14)8-12)19-17(21)10-22-18-20-15-4-2-3-5-16(15)23-18/h2-5,11-14H,6-10H2,1H3,(H,19,21)/t11-,12+,13+,14+/m1/s1. The van der Waals surface area contributed by atoms with Gasteiger partial charge in [0.1, 0.15) is 0 Å². The molecular weight excluding hydrogens is 324 g/mol. The molecule has 2 bridgehead atoms. The highest BCUT2D eigenvalue weighted by atomic mass is 32.2. The molecule has 0 aliphatic heterocycles. The van der Waals surface area contributed by atoms with E-state index in [9.17, 15) is 4.79 Å². The molecule has 0 unspecified atom stereocenters. The van der Waals surface area contributed by atoms with Gasteiger partial charge in [0.15, 0.2) is 4.34 Å². The van der Waals surface area contributed by atoms with Crippen LogP contribution in [0.5, 0.6) is 0 Å². The molecule has 1 N–H and O–H groups in total. The van der Waals surface area contributed by atoms with Crippen molar-refractivity contribution >= 4 is 39.2 Å². The van der Waals surface area contributed by atoms with Crippen LogP contribution in [0.2, 0.25) is 0 Å². The maximum absolute atomic E-state index is 12.2. The smallest absolute Gasteiger partial charge is 0.230 e. The number of rotatable bonds is 5. The van der Waals surface area contributed by atoms with Crippen LogP contribution < -0.4 is 5.32 Å². The number of amides is 1. The first-order valence-corrected chi connectivity index (χ1v) is 10.3. The lowest BCUT2D eigenvalue weighted by Gasteiger charge is -2.28. The van der Waals surface area contributed by atoms with Crippen LogP contribution in [0.15, 0.2) is 28.6 Å². The fourth-order valence-corrected chi connectivity index (χ4v) is 6.23. The van der Waals surface area contributed by atoms with Gasteiger partial charge in [0.2, 0.25) is 5.91 Å². The van der Waals surface area contributed by atoms with Gasteiger partial charge in [0, 0.05) is 6.04 Å². The van der Waals surface area contributed by atoms with E-state index in [4.69, 9.17) is 0 Å². The fourth-order valence-electron chi connectivity index (χ4n) is 4.35. The Morgan fingerprint density at radius 2 is 2.26 bits per heavy atom. The van der Waals surface area contributed by atoms with Gasteiger partial charge in [-0.3, -0.25) is 4.79 Å². The number of hydrogen-bond acceptors (Lipinski definition) is 4. The highest BCUT2D eigenvalue weighted by Crippen LogP contribution is 2.49. The van der Waals surface area contributed by atoms with Crippen LogP contribution >= 0.6 is 23.1 Å². The van der Waals surface area contributed by atoms with E-state index in [2.05, 4.69) is 23.3 Å². The van der Waals surface area contributed by atoms with Gasteiger partial charge in [-0.05, 0) is 56.1 Å². The Morgan fingerprint density at radius 1 is 1.39 bits per heavy atom. The number of thiazole rings is 1. The van der Waals surface area contributed by atoms with Crippen molar-refractivity contribution in [3.05, 3.63) is 24.3 Å². The summed E-state index contributed by atoms with van der Waals surface area (Å²) in [7, 11) is 0. The summed E-state index contributed by atoms with van der Waals surface area (Å²) in [6.45, 7) is 2.19. The first-order valence-electron chi connectivity index (χ1n) is 8.47. The van der Waals surface area contributed by atoms with E-state index in [1.807, 2.05) is 18.2 Å². The second-order valence-corrected chi connectivity index (χ2v) is 9.18. The molecular formula is C18H22N2OS2. The predicted octanol–water partition coefficient (Wildman–Crippen LogP) is 4.33. The molecule has 4 rings (SSSR count). The van der Waals surface area contributed by atoms with E-state index in [0.717, 1.165) is 21.7 Å². The van der Waals surface area contributed by atoms with Gasteiger partial charge in [-0.2, -0.15) is 0 Å². The summed E-state index contributed by atoms with van der Waals surface area (Å²) in [4.78, 5) is 16.8. The van der Waals surface area contributed by atoms with E-state index < -0.39 is 0 Å². The topological polar surface area (TPSA) is 42.0 Å². The van der Waals surface area contributed by atoms with Gasteiger partial charge in [-0.25, -0.2) is 4.98 Å². The number of carbonyl (C=O) groups excluding carboxylic acids is 1. The van der Waals surface area contributed by atoms with Gasteiger partial charge in [0.25, 0.3) is 0 Å². The van der Waals surface area contributed by atoms with Crippen LogP contribution in [0.4, 0.5) is 0 Å². The van der Waals surface area contributed by atoms with Crippen molar-refractivity contribution in [1.82, 2.24) is 10.3 Å². The second kappa shape index (κ2) is 6.44. The Kier molecular flexibility index (Phi) is 4.33. The molecule has 2 saturated carbocycles. The van der Waals surface area contributed by atoms with Gasteiger partial charge in [0.05, 0.1) is 16.0 Å².